The molecule has 0 aliphatic heterocycles. The first-order valence-corrected chi connectivity index (χ1v) is 16.9. The molecule has 0 fully saturated rings. The maximum absolute atomic E-state index is 5.81. The van der Waals surface area contributed by atoms with Gasteiger partial charge in [-0.1, -0.05) is 47.8 Å². The summed E-state index contributed by atoms with van der Waals surface area (Å²) in [6.07, 6.45) is 0. The number of rotatable bonds is 12. The topological polar surface area (TPSA) is 18.5 Å². The predicted molar refractivity (Wildman–Crippen MR) is 101 cm³/mol. The third-order valence-electron chi connectivity index (χ3n) is 2.81. The normalized spacial score (nSPS) is 15.2. The lowest BCUT2D eigenvalue weighted by Gasteiger charge is -2.20. The highest BCUT2D eigenvalue weighted by atomic mass is 33.5. The molecule has 0 saturated carbocycles. The van der Waals surface area contributed by atoms with Gasteiger partial charge in [0, 0.05) is 24.7 Å². The van der Waals surface area contributed by atoms with Crippen LogP contribution in [0, 0.1) is 0 Å². The van der Waals surface area contributed by atoms with E-state index in [1.165, 1.54) is 0 Å². The van der Waals surface area contributed by atoms with Crippen LogP contribution in [0.2, 0.25) is 26.2 Å². The first-order valence-electron chi connectivity index (χ1n) is 7.17. The lowest BCUT2D eigenvalue weighted by Crippen LogP contribution is -2.30. The van der Waals surface area contributed by atoms with Crippen molar-refractivity contribution in [2.24, 2.45) is 0 Å². The Bertz CT molecular complexity index is 189. The van der Waals surface area contributed by atoms with Gasteiger partial charge in [0.05, 0.1) is 29.0 Å². The van der Waals surface area contributed by atoms with E-state index in [0.717, 1.165) is 24.7 Å². The SMILES string of the molecule is CCOC(CSSSCC(OCC)[SiH](C)C)[SiH](C)C. The number of hydrogen-bond acceptors (Lipinski definition) is 5. The average Bonchev–Trinajstić information content (AvgIpc) is 2.35. The van der Waals surface area contributed by atoms with Crippen molar-refractivity contribution in [2.75, 3.05) is 24.7 Å². The summed E-state index contributed by atoms with van der Waals surface area (Å²) in [7, 11) is 4.44. The minimum Gasteiger partial charge on any atom is -0.381 e. The highest BCUT2D eigenvalue weighted by Crippen LogP contribution is 2.36. The van der Waals surface area contributed by atoms with Crippen molar-refractivity contribution in [3.63, 3.8) is 0 Å². The molecule has 0 aliphatic rings. The van der Waals surface area contributed by atoms with Gasteiger partial charge in [-0.15, -0.1) is 0 Å². The zero-order valence-corrected chi connectivity index (χ0v) is 17.9. The van der Waals surface area contributed by atoms with Crippen LogP contribution < -0.4 is 0 Å². The molecule has 0 N–H and O–H groups in total. The quantitative estimate of drug-likeness (QED) is 0.298. The molecule has 0 saturated heterocycles. The van der Waals surface area contributed by atoms with Gasteiger partial charge in [-0.05, 0) is 23.7 Å². The summed E-state index contributed by atoms with van der Waals surface area (Å²) in [6, 6.07) is 0. The Morgan fingerprint density at radius 2 is 1.16 bits per heavy atom. The summed E-state index contributed by atoms with van der Waals surface area (Å²) in [6.45, 7) is 15.4. The lowest BCUT2D eigenvalue weighted by molar-refractivity contribution is 0.130. The van der Waals surface area contributed by atoms with Gasteiger partial charge in [0.2, 0.25) is 0 Å². The van der Waals surface area contributed by atoms with Crippen LogP contribution in [0.1, 0.15) is 13.8 Å². The van der Waals surface area contributed by atoms with Crippen molar-refractivity contribution in [3.05, 3.63) is 0 Å². The van der Waals surface area contributed by atoms with Crippen LogP contribution in [0.5, 0.6) is 0 Å². The van der Waals surface area contributed by atoms with Gasteiger partial charge in [-0.25, -0.2) is 0 Å². The van der Waals surface area contributed by atoms with E-state index < -0.39 is 17.6 Å². The van der Waals surface area contributed by atoms with Crippen LogP contribution in [0.4, 0.5) is 0 Å². The monoisotopic (exact) mass is 358 g/mol. The maximum atomic E-state index is 5.81. The Morgan fingerprint density at radius 1 is 0.789 bits per heavy atom. The van der Waals surface area contributed by atoms with E-state index in [0.29, 0.717) is 11.5 Å². The highest BCUT2D eigenvalue weighted by Gasteiger charge is 2.16. The molecule has 0 bridgehead atoms. The van der Waals surface area contributed by atoms with E-state index >= 15 is 0 Å². The van der Waals surface area contributed by atoms with Crippen molar-refractivity contribution in [1.29, 1.82) is 0 Å². The fourth-order valence-corrected chi connectivity index (χ4v) is 10.8. The van der Waals surface area contributed by atoms with Crippen LogP contribution in [0.15, 0.2) is 0 Å². The lowest BCUT2D eigenvalue weighted by atomic mass is 10.8. The molecule has 0 rings (SSSR count). The van der Waals surface area contributed by atoms with Gasteiger partial charge >= 0.3 is 0 Å². The molecule has 0 amide bonds. The van der Waals surface area contributed by atoms with E-state index in [9.17, 15) is 0 Å². The molecule has 2 nitrogen and oxygen atoms in total. The second-order valence-electron chi connectivity index (χ2n) is 5.11. The highest BCUT2D eigenvalue weighted by molar-refractivity contribution is 9.09. The summed E-state index contributed by atoms with van der Waals surface area (Å²) >= 11 is 0. The Morgan fingerprint density at radius 3 is 1.42 bits per heavy atom. The van der Waals surface area contributed by atoms with Gasteiger partial charge < -0.3 is 9.47 Å². The van der Waals surface area contributed by atoms with Crippen molar-refractivity contribution >= 4 is 49.0 Å². The van der Waals surface area contributed by atoms with Crippen LogP contribution in [0.3, 0.4) is 0 Å². The van der Waals surface area contributed by atoms with E-state index in [2.05, 4.69) is 40.0 Å². The van der Waals surface area contributed by atoms with E-state index in [1.54, 1.807) is 0 Å². The summed E-state index contributed by atoms with van der Waals surface area (Å²) < 4.78 is 11.6. The molecule has 116 valence electrons. The molecule has 0 radical (unpaired) electrons. The standard InChI is InChI=1S/C12H30O2S3Si2/c1-7-13-11(18(3)4)9-15-17-16-10-12(14-8-2)19(5)6/h11-12,18-19H,7-10H2,1-6H3. The summed E-state index contributed by atoms with van der Waals surface area (Å²) in [4.78, 5) is 0. The molecular weight excluding hydrogens is 329 g/mol. The zero-order chi connectivity index (χ0) is 14.7. The first-order chi connectivity index (χ1) is 9.02. The van der Waals surface area contributed by atoms with Gasteiger partial charge in [0.25, 0.3) is 0 Å². The smallest absolute Gasteiger partial charge is 0.0667 e. The zero-order valence-electron chi connectivity index (χ0n) is 13.2. The molecule has 0 heterocycles. The molecule has 2 unspecified atom stereocenters. The van der Waals surface area contributed by atoms with Crippen LogP contribution >= 0.6 is 31.4 Å². The van der Waals surface area contributed by atoms with Crippen LogP contribution in [-0.2, 0) is 9.47 Å². The molecule has 2 atom stereocenters. The Balaban J connectivity index is 3.72. The van der Waals surface area contributed by atoms with Gasteiger partial charge in [-0.2, -0.15) is 0 Å². The second-order valence-corrected chi connectivity index (χ2v) is 15.9. The molecule has 0 spiro atoms. The predicted octanol–water partition coefficient (Wildman–Crippen LogP) is 3.88. The Labute approximate surface area is 134 Å². The third-order valence-corrected chi connectivity index (χ3v) is 11.6. The number of hydrogen-bond donors (Lipinski definition) is 0. The summed E-state index contributed by atoms with van der Waals surface area (Å²) in [5.74, 6) is 2.27. The minimum atomic E-state index is -0.685. The molecule has 7 heteroatoms. The molecule has 0 aromatic carbocycles. The van der Waals surface area contributed by atoms with Gasteiger partial charge in [-0.3, -0.25) is 0 Å². The average molecular weight is 359 g/mol. The summed E-state index contributed by atoms with van der Waals surface area (Å²) in [5, 5.41) is 0. The first kappa shape index (κ1) is 20.4. The van der Waals surface area contributed by atoms with Crippen LogP contribution in [0.25, 0.3) is 0 Å². The third kappa shape index (κ3) is 10.7. The van der Waals surface area contributed by atoms with Crippen LogP contribution in [-0.4, -0.2) is 53.8 Å². The van der Waals surface area contributed by atoms with Crippen molar-refractivity contribution in [3.8, 4) is 0 Å². The molecule has 19 heavy (non-hydrogen) atoms. The maximum Gasteiger partial charge on any atom is 0.0667 e. The second kappa shape index (κ2) is 13.1. The molecule has 0 aromatic rings. The number of ether oxygens (including phenoxy) is 2. The fourth-order valence-electron chi connectivity index (χ4n) is 1.52. The van der Waals surface area contributed by atoms with Crippen molar-refractivity contribution < 1.29 is 9.47 Å². The van der Waals surface area contributed by atoms with E-state index in [-0.39, 0.29) is 0 Å². The molecule has 0 aromatic heterocycles. The summed E-state index contributed by atoms with van der Waals surface area (Å²) in [5.41, 5.74) is 1.04. The van der Waals surface area contributed by atoms with Crippen molar-refractivity contribution in [1.82, 2.24) is 0 Å². The fraction of sp³-hybridized carbons (Fsp3) is 1.00. The van der Waals surface area contributed by atoms with Gasteiger partial charge in [0.1, 0.15) is 0 Å². The minimum absolute atomic E-state index is 0.519. The largest absolute Gasteiger partial charge is 0.381 e. The van der Waals surface area contributed by atoms with Crippen molar-refractivity contribution in [2.45, 2.75) is 51.5 Å². The Kier molecular flexibility index (Phi) is 14.1. The van der Waals surface area contributed by atoms with E-state index in [1.807, 2.05) is 31.4 Å². The van der Waals surface area contributed by atoms with E-state index in [4.69, 9.17) is 9.47 Å². The molecular formula is C12H30O2S3Si2. The molecule has 0 aliphatic carbocycles. The Hall–Kier alpha value is 1.40. The van der Waals surface area contributed by atoms with Gasteiger partial charge in [0.15, 0.2) is 0 Å².